The number of hydrogen-bond donors (Lipinski definition) is 3. The predicted octanol–water partition coefficient (Wildman–Crippen LogP) is 4.14. The number of nitrogens with zero attached hydrogens (tertiary/aromatic N) is 3. The number of hydrogen-bond acceptors (Lipinski definition) is 6. The second-order valence-corrected chi connectivity index (χ2v) is 10.7. The Hall–Kier alpha value is -4.09. The van der Waals surface area contributed by atoms with Gasteiger partial charge in [-0.2, -0.15) is 0 Å². The molecule has 1 saturated heterocycles. The smallest absolute Gasteiger partial charge is 0.229 e. The first kappa shape index (κ1) is 24.6. The second-order valence-electron chi connectivity index (χ2n) is 8.57. The predicted molar refractivity (Wildman–Crippen MR) is 147 cm³/mol. The van der Waals surface area contributed by atoms with Crippen LogP contribution in [0.5, 0.6) is 11.5 Å². The number of aromatic nitrogens is 2. The van der Waals surface area contributed by atoms with Crippen molar-refractivity contribution in [3.05, 3.63) is 96.6 Å². The maximum atomic E-state index is 12.0. The highest BCUT2D eigenvalue weighted by Crippen LogP contribution is 2.44. The summed E-state index contributed by atoms with van der Waals surface area (Å²) in [5, 5.41) is 13.7. The molecule has 0 bridgehead atoms. The molecule has 0 amide bonds. The van der Waals surface area contributed by atoms with Crippen LogP contribution in [0.3, 0.4) is 0 Å². The normalized spacial score (nSPS) is 17.5. The molecule has 37 heavy (non-hydrogen) atoms. The van der Waals surface area contributed by atoms with E-state index in [9.17, 15) is 13.5 Å². The number of thiocarbonyl (C=S) groups is 1. The molecular weight excluding hydrogens is 510 g/mol. The number of methoxy groups -OCH3 is 1. The Morgan fingerprint density at radius 1 is 1.05 bits per heavy atom. The lowest BCUT2D eigenvalue weighted by Crippen LogP contribution is -2.30. The summed E-state index contributed by atoms with van der Waals surface area (Å²) in [4.78, 5) is 6.54. The summed E-state index contributed by atoms with van der Waals surface area (Å²) in [7, 11) is -2.07. The Bertz CT molecular complexity index is 1540. The van der Waals surface area contributed by atoms with Gasteiger partial charge in [0.1, 0.15) is 17.5 Å². The number of sulfonamides is 1. The maximum Gasteiger partial charge on any atom is 0.229 e. The highest BCUT2D eigenvalue weighted by molar-refractivity contribution is 7.92. The van der Waals surface area contributed by atoms with E-state index in [0.29, 0.717) is 22.2 Å². The standard InChI is InChI=1S/C26H25N5O4S2/c1-35-23-13-10-18(16-21(23)29-37(2,33)34)31-25(24(28-26(31)36)20-6-3-4-14-27-20)22-7-5-15-30(22)17-8-11-19(32)12-9-17/h3-16,24-25,29,32H,1-2H3,(H,28,36)/t24-,25+/m0/s1. The van der Waals surface area contributed by atoms with Crippen molar-refractivity contribution in [1.29, 1.82) is 0 Å². The van der Waals surface area contributed by atoms with E-state index in [4.69, 9.17) is 17.0 Å². The number of nitrogens with one attached hydrogen (secondary N) is 2. The van der Waals surface area contributed by atoms with Gasteiger partial charge in [-0.05, 0) is 78.9 Å². The monoisotopic (exact) mass is 535 g/mol. The van der Waals surface area contributed by atoms with Gasteiger partial charge >= 0.3 is 0 Å². The average molecular weight is 536 g/mol. The maximum absolute atomic E-state index is 12.0. The SMILES string of the molecule is COc1ccc(N2C(=S)N[C@@H](c3ccccn3)[C@H]2c2cccn2-c2ccc(O)cc2)cc1NS(C)(=O)=O. The third-order valence-corrected chi connectivity index (χ3v) is 6.97. The fourth-order valence-electron chi connectivity index (χ4n) is 4.54. The lowest BCUT2D eigenvalue weighted by Gasteiger charge is -2.29. The van der Waals surface area contributed by atoms with Gasteiger partial charge in [0.15, 0.2) is 5.11 Å². The first-order valence-electron chi connectivity index (χ1n) is 11.4. The van der Waals surface area contributed by atoms with E-state index in [1.165, 1.54) is 7.11 Å². The molecule has 5 rings (SSSR count). The fourth-order valence-corrected chi connectivity index (χ4v) is 5.45. The molecule has 3 N–H and O–H groups in total. The van der Waals surface area contributed by atoms with Gasteiger partial charge in [0.2, 0.25) is 10.0 Å². The Morgan fingerprint density at radius 3 is 2.49 bits per heavy atom. The molecule has 4 aromatic rings. The number of anilines is 2. The summed E-state index contributed by atoms with van der Waals surface area (Å²) < 4.78 is 34.0. The van der Waals surface area contributed by atoms with E-state index in [2.05, 4.69) is 15.0 Å². The molecule has 190 valence electrons. The minimum Gasteiger partial charge on any atom is -0.508 e. The first-order valence-corrected chi connectivity index (χ1v) is 13.7. The zero-order chi connectivity index (χ0) is 26.2. The van der Waals surface area contributed by atoms with Crippen LogP contribution in [-0.4, -0.2) is 41.6 Å². The Morgan fingerprint density at radius 2 is 1.81 bits per heavy atom. The average Bonchev–Trinajstić information content (AvgIpc) is 3.48. The van der Waals surface area contributed by atoms with Crippen LogP contribution in [0.1, 0.15) is 23.5 Å². The summed E-state index contributed by atoms with van der Waals surface area (Å²) in [6, 6.07) is 21.2. The molecule has 0 saturated carbocycles. The molecule has 2 atom stereocenters. The van der Waals surface area contributed by atoms with Gasteiger partial charge in [-0.1, -0.05) is 6.07 Å². The molecule has 2 aromatic heterocycles. The lowest BCUT2D eigenvalue weighted by atomic mass is 10.0. The zero-order valence-corrected chi connectivity index (χ0v) is 21.7. The highest BCUT2D eigenvalue weighted by Gasteiger charge is 2.42. The van der Waals surface area contributed by atoms with Crippen LogP contribution >= 0.6 is 12.2 Å². The van der Waals surface area contributed by atoms with Crippen molar-refractivity contribution < 1.29 is 18.3 Å². The molecule has 1 fully saturated rings. The minimum atomic E-state index is -3.55. The largest absolute Gasteiger partial charge is 0.508 e. The fraction of sp³-hybridized carbons (Fsp3) is 0.154. The van der Waals surface area contributed by atoms with Gasteiger partial charge in [0.25, 0.3) is 0 Å². The van der Waals surface area contributed by atoms with Crippen LogP contribution in [0.2, 0.25) is 0 Å². The Kier molecular flexibility index (Phi) is 6.48. The van der Waals surface area contributed by atoms with Crippen molar-refractivity contribution in [3.8, 4) is 17.2 Å². The quantitative estimate of drug-likeness (QED) is 0.303. The van der Waals surface area contributed by atoms with Crippen molar-refractivity contribution in [1.82, 2.24) is 14.9 Å². The van der Waals surface area contributed by atoms with Gasteiger partial charge in [0, 0.05) is 29.5 Å². The number of phenols is 1. The van der Waals surface area contributed by atoms with E-state index in [0.717, 1.165) is 23.3 Å². The van der Waals surface area contributed by atoms with E-state index < -0.39 is 10.0 Å². The molecule has 1 aliphatic rings. The molecule has 0 aliphatic carbocycles. The van der Waals surface area contributed by atoms with Crippen LogP contribution < -0.4 is 19.7 Å². The Labute approximate surface area is 220 Å². The van der Waals surface area contributed by atoms with Crippen LogP contribution in [-0.2, 0) is 10.0 Å². The molecule has 0 unspecified atom stereocenters. The van der Waals surface area contributed by atoms with Crippen LogP contribution in [0, 0.1) is 0 Å². The van der Waals surface area contributed by atoms with Gasteiger partial charge in [-0.3, -0.25) is 9.71 Å². The van der Waals surface area contributed by atoms with Crippen LogP contribution in [0.15, 0.2) is 85.2 Å². The molecule has 9 nitrogen and oxygen atoms in total. The van der Waals surface area contributed by atoms with Crippen molar-refractivity contribution in [2.75, 3.05) is 23.0 Å². The lowest BCUT2D eigenvalue weighted by molar-refractivity contribution is 0.417. The minimum absolute atomic E-state index is 0.179. The third kappa shape index (κ3) is 4.95. The van der Waals surface area contributed by atoms with Crippen LogP contribution in [0.4, 0.5) is 11.4 Å². The molecule has 11 heteroatoms. The molecule has 1 aliphatic heterocycles. The zero-order valence-electron chi connectivity index (χ0n) is 20.1. The molecule has 0 spiro atoms. The number of ether oxygens (including phenoxy) is 1. The van der Waals surface area contributed by atoms with Gasteiger partial charge in [0.05, 0.1) is 30.8 Å². The highest BCUT2D eigenvalue weighted by atomic mass is 32.2. The van der Waals surface area contributed by atoms with Gasteiger partial charge < -0.3 is 24.6 Å². The van der Waals surface area contributed by atoms with E-state index in [-0.39, 0.29) is 17.8 Å². The summed E-state index contributed by atoms with van der Waals surface area (Å²) in [5.41, 5.74) is 3.57. The van der Waals surface area contributed by atoms with E-state index in [1.807, 2.05) is 64.2 Å². The van der Waals surface area contributed by atoms with Gasteiger partial charge in [-0.15, -0.1) is 0 Å². The number of pyridine rings is 1. The summed E-state index contributed by atoms with van der Waals surface area (Å²) >= 11 is 5.82. The third-order valence-electron chi connectivity index (χ3n) is 6.07. The number of aromatic hydroxyl groups is 1. The Balaban J connectivity index is 1.66. The number of rotatable bonds is 7. The van der Waals surface area contributed by atoms with E-state index >= 15 is 0 Å². The number of phenolic OH excluding ortho intramolecular Hbond substituents is 1. The van der Waals surface area contributed by atoms with E-state index in [1.54, 1.807) is 30.5 Å². The van der Waals surface area contributed by atoms with Gasteiger partial charge in [-0.25, -0.2) is 8.42 Å². The van der Waals surface area contributed by atoms with Crippen LogP contribution in [0.25, 0.3) is 5.69 Å². The van der Waals surface area contributed by atoms with Crippen molar-refractivity contribution in [3.63, 3.8) is 0 Å². The van der Waals surface area contributed by atoms with Crippen molar-refractivity contribution in [2.24, 2.45) is 0 Å². The molecule has 3 heterocycles. The summed E-state index contributed by atoms with van der Waals surface area (Å²) in [5.74, 6) is 0.566. The van der Waals surface area contributed by atoms with Crippen molar-refractivity contribution in [2.45, 2.75) is 12.1 Å². The molecule has 0 radical (unpaired) electrons. The first-order chi connectivity index (χ1) is 17.7. The summed E-state index contributed by atoms with van der Waals surface area (Å²) in [6.07, 6.45) is 4.77. The summed E-state index contributed by atoms with van der Waals surface area (Å²) in [6.45, 7) is 0. The molecule has 2 aromatic carbocycles. The van der Waals surface area contributed by atoms with Crippen molar-refractivity contribution >= 4 is 38.7 Å². The number of benzene rings is 2. The molecular formula is C26H25N5O4S2. The second kappa shape index (κ2) is 9.75. The topological polar surface area (TPSA) is 109 Å².